The van der Waals surface area contributed by atoms with E-state index in [-0.39, 0.29) is 13.2 Å². The average molecular weight is 443 g/mol. The van der Waals surface area contributed by atoms with Crippen LogP contribution < -0.4 is 0 Å². The second-order valence-corrected chi connectivity index (χ2v) is 7.41. The molecule has 7 heteroatoms. The van der Waals surface area contributed by atoms with Gasteiger partial charge in [0.25, 0.3) is 0 Å². The standard InChI is InChI=1S/C24H42O7/c1-2-3-4-5-6-7-8-9-10-11-12-13-14-15-16-23(30-19-21(27)17-25)24(29)31-20-22(28)18-26/h3-4,6-7,9-10,21-23,25-28H,2,5,8,11-20H2,1H3/b4-3-,7-6-,10-9-. The van der Waals surface area contributed by atoms with E-state index in [0.29, 0.717) is 6.42 Å². The van der Waals surface area contributed by atoms with Crippen molar-refractivity contribution in [2.24, 2.45) is 0 Å². The quantitative estimate of drug-likeness (QED) is 0.130. The van der Waals surface area contributed by atoms with Crippen LogP contribution in [0.4, 0.5) is 0 Å². The lowest BCUT2D eigenvalue weighted by Gasteiger charge is -2.19. The predicted molar refractivity (Wildman–Crippen MR) is 122 cm³/mol. The number of esters is 1. The van der Waals surface area contributed by atoms with Crippen molar-refractivity contribution >= 4 is 5.97 Å². The van der Waals surface area contributed by atoms with E-state index in [2.05, 4.69) is 43.4 Å². The maximum absolute atomic E-state index is 12.1. The lowest BCUT2D eigenvalue weighted by Crippen LogP contribution is -2.33. The van der Waals surface area contributed by atoms with Crippen LogP contribution in [0.15, 0.2) is 36.5 Å². The molecule has 7 nitrogen and oxygen atoms in total. The molecule has 0 saturated carbocycles. The minimum Gasteiger partial charge on any atom is -0.461 e. The summed E-state index contributed by atoms with van der Waals surface area (Å²) in [6.45, 7) is 0.690. The highest BCUT2D eigenvalue weighted by atomic mass is 16.6. The molecule has 0 heterocycles. The van der Waals surface area contributed by atoms with Crippen molar-refractivity contribution in [3.8, 4) is 0 Å². The van der Waals surface area contributed by atoms with Crippen LogP contribution in [0.1, 0.15) is 64.7 Å². The third-order valence-corrected chi connectivity index (χ3v) is 4.46. The van der Waals surface area contributed by atoms with Crippen molar-refractivity contribution in [3.05, 3.63) is 36.5 Å². The third kappa shape index (κ3) is 18.9. The molecule has 3 atom stereocenters. The van der Waals surface area contributed by atoms with Gasteiger partial charge in [-0.3, -0.25) is 0 Å². The number of ether oxygens (including phenoxy) is 2. The van der Waals surface area contributed by atoms with Gasteiger partial charge >= 0.3 is 5.97 Å². The number of carbonyl (C=O) groups is 1. The summed E-state index contributed by atoms with van der Waals surface area (Å²) in [4.78, 5) is 12.1. The monoisotopic (exact) mass is 442 g/mol. The lowest BCUT2D eigenvalue weighted by molar-refractivity contribution is -0.163. The largest absolute Gasteiger partial charge is 0.461 e. The Bertz CT molecular complexity index is 502. The Balaban J connectivity index is 4.02. The summed E-state index contributed by atoms with van der Waals surface area (Å²) in [5, 5.41) is 36.4. The topological polar surface area (TPSA) is 116 Å². The Morgan fingerprint density at radius 3 is 2.03 bits per heavy atom. The van der Waals surface area contributed by atoms with Gasteiger partial charge in [-0.05, 0) is 38.5 Å². The maximum Gasteiger partial charge on any atom is 0.335 e. The molecule has 0 aliphatic heterocycles. The molecule has 0 fully saturated rings. The van der Waals surface area contributed by atoms with Gasteiger partial charge in [-0.25, -0.2) is 4.79 Å². The number of hydrogen-bond donors (Lipinski definition) is 4. The number of allylic oxidation sites excluding steroid dienone is 6. The summed E-state index contributed by atoms with van der Waals surface area (Å²) < 4.78 is 10.3. The van der Waals surface area contributed by atoms with Crippen LogP contribution >= 0.6 is 0 Å². The Hall–Kier alpha value is -1.51. The van der Waals surface area contributed by atoms with E-state index in [1.807, 2.05) is 0 Å². The van der Waals surface area contributed by atoms with Gasteiger partial charge in [0.2, 0.25) is 0 Å². The van der Waals surface area contributed by atoms with Crippen LogP contribution in [0.25, 0.3) is 0 Å². The van der Waals surface area contributed by atoms with Gasteiger partial charge < -0.3 is 29.9 Å². The molecule has 0 aromatic heterocycles. The van der Waals surface area contributed by atoms with Gasteiger partial charge in [0.1, 0.15) is 18.8 Å². The Labute approximate surface area is 187 Å². The fourth-order valence-corrected chi connectivity index (χ4v) is 2.65. The van der Waals surface area contributed by atoms with Crippen molar-refractivity contribution in [2.75, 3.05) is 26.4 Å². The predicted octanol–water partition coefficient (Wildman–Crippen LogP) is 2.82. The van der Waals surface area contributed by atoms with Crippen molar-refractivity contribution < 1.29 is 34.7 Å². The molecule has 0 bridgehead atoms. The number of carbonyl (C=O) groups excluding carboxylic acids is 1. The van der Waals surface area contributed by atoms with E-state index < -0.39 is 37.5 Å². The van der Waals surface area contributed by atoms with E-state index in [1.54, 1.807) is 0 Å². The number of aliphatic hydroxyl groups excluding tert-OH is 4. The third-order valence-electron chi connectivity index (χ3n) is 4.46. The van der Waals surface area contributed by atoms with E-state index in [0.717, 1.165) is 51.4 Å². The molecule has 0 radical (unpaired) electrons. The van der Waals surface area contributed by atoms with Crippen LogP contribution in [0.3, 0.4) is 0 Å². The van der Waals surface area contributed by atoms with Gasteiger partial charge in [0, 0.05) is 0 Å². The molecule has 0 spiro atoms. The fraction of sp³-hybridized carbons (Fsp3) is 0.708. The summed E-state index contributed by atoms with van der Waals surface area (Å²) in [6.07, 6.45) is 18.2. The van der Waals surface area contributed by atoms with Crippen molar-refractivity contribution in [1.82, 2.24) is 0 Å². The minimum absolute atomic E-state index is 0.174. The number of rotatable bonds is 20. The Morgan fingerprint density at radius 1 is 0.806 bits per heavy atom. The Kier molecular flexibility index (Phi) is 20.7. The van der Waals surface area contributed by atoms with Crippen molar-refractivity contribution in [2.45, 2.75) is 83.0 Å². The molecule has 31 heavy (non-hydrogen) atoms. The molecule has 4 N–H and O–H groups in total. The molecule has 0 saturated heterocycles. The fourth-order valence-electron chi connectivity index (χ4n) is 2.65. The zero-order valence-corrected chi connectivity index (χ0v) is 18.9. The highest BCUT2D eigenvalue weighted by Gasteiger charge is 2.22. The first-order valence-electron chi connectivity index (χ1n) is 11.4. The molecule has 0 aromatic carbocycles. The van der Waals surface area contributed by atoms with Gasteiger partial charge in [0.15, 0.2) is 6.10 Å². The van der Waals surface area contributed by atoms with Crippen LogP contribution in [0.2, 0.25) is 0 Å². The number of aliphatic hydroxyl groups is 4. The second-order valence-electron chi connectivity index (χ2n) is 7.41. The molecular weight excluding hydrogens is 400 g/mol. The summed E-state index contributed by atoms with van der Waals surface area (Å²) in [5.41, 5.74) is 0. The summed E-state index contributed by atoms with van der Waals surface area (Å²) in [7, 11) is 0. The zero-order valence-electron chi connectivity index (χ0n) is 18.9. The molecule has 0 aliphatic rings. The normalized spacial score (nSPS) is 15.1. The summed E-state index contributed by atoms with van der Waals surface area (Å²) in [5.74, 6) is -0.640. The maximum atomic E-state index is 12.1. The van der Waals surface area contributed by atoms with E-state index >= 15 is 0 Å². The summed E-state index contributed by atoms with van der Waals surface area (Å²) in [6, 6.07) is 0. The Morgan fingerprint density at radius 2 is 1.39 bits per heavy atom. The molecular formula is C24H42O7. The first kappa shape index (κ1) is 29.5. The van der Waals surface area contributed by atoms with Gasteiger partial charge in [-0.15, -0.1) is 0 Å². The lowest BCUT2D eigenvalue weighted by atomic mass is 10.1. The number of hydrogen-bond acceptors (Lipinski definition) is 7. The van der Waals surface area contributed by atoms with E-state index in [9.17, 15) is 15.0 Å². The molecule has 3 unspecified atom stereocenters. The number of unbranched alkanes of at least 4 members (excludes halogenated alkanes) is 4. The van der Waals surface area contributed by atoms with Crippen LogP contribution in [0.5, 0.6) is 0 Å². The van der Waals surface area contributed by atoms with Crippen molar-refractivity contribution in [1.29, 1.82) is 0 Å². The molecule has 180 valence electrons. The van der Waals surface area contributed by atoms with E-state index in [4.69, 9.17) is 19.7 Å². The van der Waals surface area contributed by atoms with Crippen LogP contribution in [0, 0.1) is 0 Å². The van der Waals surface area contributed by atoms with Crippen molar-refractivity contribution in [3.63, 3.8) is 0 Å². The highest BCUT2D eigenvalue weighted by molar-refractivity contribution is 5.74. The summed E-state index contributed by atoms with van der Waals surface area (Å²) >= 11 is 0. The molecule has 0 aliphatic carbocycles. The average Bonchev–Trinajstić information content (AvgIpc) is 2.78. The second kappa shape index (κ2) is 21.7. The zero-order chi connectivity index (χ0) is 23.2. The molecule has 0 aromatic rings. The van der Waals surface area contributed by atoms with Crippen LogP contribution in [-0.2, 0) is 14.3 Å². The minimum atomic E-state index is -1.13. The van der Waals surface area contributed by atoms with E-state index in [1.165, 1.54) is 0 Å². The highest BCUT2D eigenvalue weighted by Crippen LogP contribution is 2.12. The molecule has 0 rings (SSSR count). The first-order chi connectivity index (χ1) is 15.0. The smallest absolute Gasteiger partial charge is 0.335 e. The van der Waals surface area contributed by atoms with Gasteiger partial charge in [-0.1, -0.05) is 62.6 Å². The van der Waals surface area contributed by atoms with Gasteiger partial charge in [0.05, 0.1) is 19.8 Å². The molecule has 0 amide bonds. The first-order valence-corrected chi connectivity index (χ1v) is 11.4. The SMILES string of the molecule is CC/C=C\C/C=C\C/C=C\CCCCCCC(OCC(O)CO)C(=O)OCC(O)CO. The van der Waals surface area contributed by atoms with Gasteiger partial charge in [-0.2, -0.15) is 0 Å². The van der Waals surface area contributed by atoms with Crippen LogP contribution in [-0.4, -0.2) is 71.1 Å².